The van der Waals surface area contributed by atoms with Crippen LogP contribution in [0.5, 0.6) is 5.75 Å². The Bertz CT molecular complexity index is 1160. The van der Waals surface area contributed by atoms with E-state index in [2.05, 4.69) is 5.32 Å². The molecule has 0 spiro atoms. The van der Waals surface area contributed by atoms with Crippen LogP contribution in [0.25, 0.3) is 0 Å². The predicted molar refractivity (Wildman–Crippen MR) is 121 cm³/mol. The maximum atomic E-state index is 12.6. The number of alkyl halides is 3. The topological polar surface area (TPSA) is 107 Å². The van der Waals surface area contributed by atoms with Crippen LogP contribution in [-0.2, 0) is 24.0 Å². The van der Waals surface area contributed by atoms with Crippen LogP contribution in [0.3, 0.4) is 0 Å². The number of allylic oxidation sites excluding steroid dienone is 7. The maximum Gasteiger partial charge on any atom is 0.420 e. The molecule has 3 rings (SSSR count). The molecule has 0 bridgehead atoms. The number of carbonyl (C=O) groups is 5. The molecule has 0 radical (unpaired) electrons. The van der Waals surface area contributed by atoms with E-state index in [9.17, 15) is 37.1 Å². The smallest absolute Gasteiger partial charge is 0.420 e. The highest BCUT2D eigenvalue weighted by atomic mass is 35.5. The Morgan fingerprint density at radius 1 is 0.914 bits per heavy atom. The molecule has 2 aliphatic carbocycles. The van der Waals surface area contributed by atoms with E-state index in [4.69, 9.17) is 16.3 Å². The van der Waals surface area contributed by atoms with Gasteiger partial charge in [0, 0.05) is 35.9 Å². The van der Waals surface area contributed by atoms with Crippen molar-refractivity contribution in [2.45, 2.75) is 32.9 Å². The number of ether oxygens (including phenoxy) is 1. The van der Waals surface area contributed by atoms with Crippen LogP contribution in [0.4, 0.5) is 18.9 Å². The molecule has 0 aliphatic heterocycles. The SMILES string of the molecule is CC1=CC(=O)C(Cl)=CC1=O.CCCC(=O)Nc1ccc(OC2=CC(=O)C(C(F)(F)F)=CC2=O)cc1. The van der Waals surface area contributed by atoms with E-state index in [1.54, 1.807) is 6.92 Å². The van der Waals surface area contributed by atoms with Crippen molar-refractivity contribution in [2.75, 3.05) is 5.32 Å². The first kappa shape index (κ1) is 27.5. The Morgan fingerprint density at radius 2 is 1.54 bits per heavy atom. The van der Waals surface area contributed by atoms with E-state index in [0.717, 1.165) is 6.08 Å². The zero-order chi connectivity index (χ0) is 26.3. The molecule has 2 aliphatic rings. The number of hydrogen-bond donors (Lipinski definition) is 1. The zero-order valence-electron chi connectivity index (χ0n) is 18.5. The standard InChI is InChI=1S/C17H14F3NO4.C7H5ClO2/c1-2-3-16(24)21-10-4-6-11(7-5-10)25-15-9-13(22)12(8-14(15)23)17(18,19)20;1-4-2-7(10)5(8)3-6(4)9/h4-9H,2-3H2,1H3,(H,21,24);2-3H,1H3. The molecule has 1 N–H and O–H groups in total. The molecular weight excluding hydrogens is 491 g/mol. The molecule has 0 saturated heterocycles. The van der Waals surface area contributed by atoms with Crippen LogP contribution in [-0.4, -0.2) is 35.2 Å². The second-order valence-electron chi connectivity index (χ2n) is 7.27. The number of nitrogens with one attached hydrogen (secondary N) is 1. The first-order chi connectivity index (χ1) is 16.3. The van der Waals surface area contributed by atoms with Crippen molar-refractivity contribution >= 4 is 46.3 Å². The fraction of sp³-hybridized carbons (Fsp3) is 0.208. The third-order valence-electron chi connectivity index (χ3n) is 4.42. The minimum atomic E-state index is -4.90. The van der Waals surface area contributed by atoms with Crippen LogP contribution >= 0.6 is 11.6 Å². The van der Waals surface area contributed by atoms with E-state index >= 15 is 0 Å². The molecule has 0 unspecified atom stereocenters. The zero-order valence-corrected chi connectivity index (χ0v) is 19.3. The summed E-state index contributed by atoms with van der Waals surface area (Å²) in [6.45, 7) is 3.45. The summed E-state index contributed by atoms with van der Waals surface area (Å²) in [5, 5.41) is 2.64. The quantitative estimate of drug-likeness (QED) is 0.584. The summed E-state index contributed by atoms with van der Waals surface area (Å²) < 4.78 is 42.9. The highest BCUT2D eigenvalue weighted by molar-refractivity contribution is 6.47. The van der Waals surface area contributed by atoms with Crippen molar-refractivity contribution in [3.05, 3.63) is 70.5 Å². The Labute approximate surface area is 203 Å². The molecule has 0 atom stereocenters. The van der Waals surface area contributed by atoms with E-state index < -0.39 is 29.1 Å². The van der Waals surface area contributed by atoms with Gasteiger partial charge in [-0.15, -0.1) is 0 Å². The van der Waals surface area contributed by atoms with Crippen LogP contribution in [0.1, 0.15) is 26.7 Å². The first-order valence-corrected chi connectivity index (χ1v) is 10.5. The van der Waals surface area contributed by atoms with Gasteiger partial charge in [-0.05, 0) is 43.7 Å². The molecular formula is C24H19ClF3NO6. The Balaban J connectivity index is 0.000000360. The van der Waals surface area contributed by atoms with Crippen molar-refractivity contribution in [3.63, 3.8) is 0 Å². The van der Waals surface area contributed by atoms with Crippen LogP contribution in [0.15, 0.2) is 70.5 Å². The number of halogens is 4. The van der Waals surface area contributed by atoms with Gasteiger partial charge in [-0.1, -0.05) is 18.5 Å². The monoisotopic (exact) mass is 509 g/mol. The van der Waals surface area contributed by atoms with Crippen LogP contribution in [0.2, 0.25) is 0 Å². The fourth-order valence-electron chi connectivity index (χ4n) is 2.66. The van der Waals surface area contributed by atoms with Crippen LogP contribution in [0, 0.1) is 0 Å². The third-order valence-corrected chi connectivity index (χ3v) is 4.72. The highest BCUT2D eigenvalue weighted by Crippen LogP contribution is 2.30. The van der Waals surface area contributed by atoms with Gasteiger partial charge >= 0.3 is 6.18 Å². The summed E-state index contributed by atoms with van der Waals surface area (Å²) in [6, 6.07) is 5.86. The molecule has 0 heterocycles. The molecule has 11 heteroatoms. The van der Waals surface area contributed by atoms with Gasteiger partial charge in [0.25, 0.3) is 0 Å². The average molecular weight is 510 g/mol. The number of ketones is 4. The third kappa shape index (κ3) is 7.89. The summed E-state index contributed by atoms with van der Waals surface area (Å²) >= 11 is 5.37. The van der Waals surface area contributed by atoms with E-state index in [0.29, 0.717) is 30.2 Å². The highest BCUT2D eigenvalue weighted by Gasteiger charge is 2.41. The molecule has 0 saturated carbocycles. The number of amides is 1. The number of benzene rings is 1. The largest absolute Gasteiger partial charge is 0.453 e. The summed E-state index contributed by atoms with van der Waals surface area (Å²) in [7, 11) is 0. The molecule has 1 amide bonds. The van der Waals surface area contributed by atoms with Gasteiger partial charge in [0.1, 0.15) is 11.3 Å². The van der Waals surface area contributed by atoms with Gasteiger partial charge < -0.3 is 10.1 Å². The number of hydrogen-bond acceptors (Lipinski definition) is 6. The van der Waals surface area contributed by atoms with Crippen molar-refractivity contribution in [1.29, 1.82) is 0 Å². The summed E-state index contributed by atoms with van der Waals surface area (Å²) in [6.07, 6.45) is -0.712. The van der Waals surface area contributed by atoms with E-state index in [1.807, 2.05) is 6.92 Å². The predicted octanol–water partition coefficient (Wildman–Crippen LogP) is 4.54. The lowest BCUT2D eigenvalue weighted by molar-refractivity contribution is -0.128. The lowest BCUT2D eigenvalue weighted by Crippen LogP contribution is -2.25. The summed E-state index contributed by atoms with van der Waals surface area (Å²) in [5.41, 5.74) is -0.585. The lowest BCUT2D eigenvalue weighted by atomic mass is 10.0. The molecule has 7 nitrogen and oxygen atoms in total. The van der Waals surface area contributed by atoms with Gasteiger partial charge in [-0.2, -0.15) is 13.2 Å². The summed E-state index contributed by atoms with van der Waals surface area (Å²) in [5.74, 6) is -3.39. The van der Waals surface area contributed by atoms with E-state index in [-0.39, 0.29) is 34.3 Å². The molecule has 1 aromatic carbocycles. The van der Waals surface area contributed by atoms with Crippen molar-refractivity contribution in [3.8, 4) is 5.75 Å². The minimum absolute atomic E-state index is 0.00407. The van der Waals surface area contributed by atoms with Crippen molar-refractivity contribution in [2.24, 2.45) is 0 Å². The second kappa shape index (κ2) is 11.6. The molecule has 35 heavy (non-hydrogen) atoms. The maximum absolute atomic E-state index is 12.6. The lowest BCUT2D eigenvalue weighted by Gasteiger charge is -2.15. The normalized spacial score (nSPS) is 15.8. The Morgan fingerprint density at radius 3 is 2.09 bits per heavy atom. The van der Waals surface area contributed by atoms with Gasteiger partial charge in [0.15, 0.2) is 23.1 Å². The van der Waals surface area contributed by atoms with Crippen molar-refractivity contribution in [1.82, 2.24) is 0 Å². The average Bonchev–Trinajstić information content (AvgIpc) is 2.76. The number of anilines is 1. The van der Waals surface area contributed by atoms with E-state index in [1.165, 1.54) is 30.3 Å². The fourth-order valence-corrected chi connectivity index (χ4v) is 2.82. The van der Waals surface area contributed by atoms with Gasteiger partial charge in [0.05, 0.1) is 5.03 Å². The molecule has 0 aromatic heterocycles. The number of carbonyl (C=O) groups excluding carboxylic acids is 5. The minimum Gasteiger partial charge on any atom is -0.453 e. The van der Waals surface area contributed by atoms with Gasteiger partial charge in [-0.3, -0.25) is 24.0 Å². The molecule has 1 aromatic rings. The first-order valence-electron chi connectivity index (χ1n) is 10.1. The number of rotatable bonds is 5. The Kier molecular flexibility index (Phi) is 9.07. The molecule has 0 fully saturated rings. The van der Waals surface area contributed by atoms with Crippen LogP contribution < -0.4 is 10.1 Å². The van der Waals surface area contributed by atoms with Crippen molar-refractivity contribution < 1.29 is 41.9 Å². The molecule has 184 valence electrons. The van der Waals surface area contributed by atoms with Gasteiger partial charge in [-0.25, -0.2) is 0 Å². The van der Waals surface area contributed by atoms with Gasteiger partial charge in [0.2, 0.25) is 11.7 Å². The summed E-state index contributed by atoms with van der Waals surface area (Å²) in [4.78, 5) is 56.1. The second-order valence-corrected chi connectivity index (χ2v) is 7.67. The Hall–Kier alpha value is -3.79.